The van der Waals surface area contributed by atoms with Gasteiger partial charge in [-0.2, -0.15) is 0 Å². The van der Waals surface area contributed by atoms with E-state index < -0.39 is 0 Å². The van der Waals surface area contributed by atoms with E-state index >= 15 is 0 Å². The summed E-state index contributed by atoms with van der Waals surface area (Å²) in [7, 11) is 0. The average Bonchev–Trinajstić information content (AvgIpc) is 2.64. The van der Waals surface area contributed by atoms with Crippen LogP contribution in [-0.4, -0.2) is 29.1 Å². The third-order valence-electron chi connectivity index (χ3n) is 4.31. The molecule has 20 heavy (non-hydrogen) atoms. The number of likely N-dealkylation sites (tertiary alicyclic amines) is 1. The van der Waals surface area contributed by atoms with Gasteiger partial charge < -0.3 is 9.42 Å². The largest absolute Gasteiger partial charge is 0.361 e. The van der Waals surface area contributed by atoms with E-state index in [0.717, 1.165) is 31.6 Å². The standard InChI is InChI=1S/C16H26N2O2/c1-12-10-14(20-17-12)11-15(19)18-8-5-6-13(7-9-18)16(2,3)4/h10,13H,5-9,11H2,1-4H3/t13-/m0/s1. The lowest BCUT2D eigenvalue weighted by atomic mass is 9.77. The predicted molar refractivity (Wildman–Crippen MR) is 78.3 cm³/mol. The molecule has 1 amide bonds. The fourth-order valence-electron chi connectivity index (χ4n) is 2.97. The summed E-state index contributed by atoms with van der Waals surface area (Å²) in [5, 5.41) is 3.83. The molecule has 1 aliphatic heterocycles. The van der Waals surface area contributed by atoms with Crippen molar-refractivity contribution in [1.29, 1.82) is 0 Å². The smallest absolute Gasteiger partial charge is 0.230 e. The topological polar surface area (TPSA) is 46.3 Å². The highest BCUT2D eigenvalue weighted by Gasteiger charge is 2.28. The van der Waals surface area contributed by atoms with Crippen molar-refractivity contribution in [2.75, 3.05) is 13.1 Å². The Morgan fingerprint density at radius 2 is 2.15 bits per heavy atom. The van der Waals surface area contributed by atoms with Gasteiger partial charge in [-0.3, -0.25) is 4.79 Å². The van der Waals surface area contributed by atoms with Crippen molar-refractivity contribution in [1.82, 2.24) is 10.1 Å². The highest BCUT2D eigenvalue weighted by Crippen LogP contribution is 2.34. The van der Waals surface area contributed by atoms with Crippen LogP contribution in [0.4, 0.5) is 0 Å². The van der Waals surface area contributed by atoms with Crippen molar-refractivity contribution in [3.8, 4) is 0 Å². The second kappa shape index (κ2) is 5.98. The fraction of sp³-hybridized carbons (Fsp3) is 0.750. The molecule has 0 aromatic carbocycles. The van der Waals surface area contributed by atoms with Crippen LogP contribution < -0.4 is 0 Å². The van der Waals surface area contributed by atoms with Crippen LogP contribution in [0.25, 0.3) is 0 Å². The first-order chi connectivity index (χ1) is 9.36. The van der Waals surface area contributed by atoms with E-state index in [1.807, 2.05) is 17.9 Å². The zero-order valence-electron chi connectivity index (χ0n) is 13.1. The molecule has 2 rings (SSSR count). The second-order valence-electron chi connectivity index (χ2n) is 6.99. The number of aromatic nitrogens is 1. The Hall–Kier alpha value is -1.32. The van der Waals surface area contributed by atoms with Gasteiger partial charge in [-0.05, 0) is 37.5 Å². The molecule has 1 aromatic heterocycles. The van der Waals surface area contributed by atoms with Crippen LogP contribution in [-0.2, 0) is 11.2 Å². The van der Waals surface area contributed by atoms with Crippen molar-refractivity contribution in [3.05, 3.63) is 17.5 Å². The summed E-state index contributed by atoms with van der Waals surface area (Å²) in [6.07, 6.45) is 3.75. The molecular formula is C16H26N2O2. The molecule has 0 saturated carbocycles. The van der Waals surface area contributed by atoms with E-state index in [2.05, 4.69) is 25.9 Å². The summed E-state index contributed by atoms with van der Waals surface area (Å²) in [5.74, 6) is 1.53. The fourth-order valence-corrected chi connectivity index (χ4v) is 2.97. The Morgan fingerprint density at radius 3 is 2.75 bits per heavy atom. The highest BCUT2D eigenvalue weighted by atomic mass is 16.5. The summed E-state index contributed by atoms with van der Waals surface area (Å²) >= 11 is 0. The van der Waals surface area contributed by atoms with Crippen molar-refractivity contribution >= 4 is 5.91 Å². The Labute approximate surface area is 121 Å². The van der Waals surface area contributed by atoms with Crippen molar-refractivity contribution in [2.45, 2.75) is 53.4 Å². The predicted octanol–water partition coefficient (Wildman–Crippen LogP) is 3.20. The molecule has 1 aromatic rings. The number of rotatable bonds is 2. The average molecular weight is 278 g/mol. The number of aryl methyl sites for hydroxylation is 1. The summed E-state index contributed by atoms with van der Waals surface area (Å²) in [6, 6.07) is 1.84. The van der Waals surface area contributed by atoms with Crippen LogP contribution in [0.1, 0.15) is 51.5 Å². The van der Waals surface area contributed by atoms with Crippen LogP contribution in [0.5, 0.6) is 0 Å². The molecule has 0 aliphatic carbocycles. The lowest BCUT2D eigenvalue weighted by Crippen LogP contribution is -2.33. The zero-order valence-corrected chi connectivity index (χ0v) is 13.1. The molecule has 0 spiro atoms. The molecule has 1 aliphatic rings. The molecule has 112 valence electrons. The van der Waals surface area contributed by atoms with Crippen LogP contribution in [0.3, 0.4) is 0 Å². The molecule has 0 radical (unpaired) electrons. The van der Waals surface area contributed by atoms with Crippen LogP contribution in [0.2, 0.25) is 0 Å². The number of hydrogen-bond donors (Lipinski definition) is 0. The van der Waals surface area contributed by atoms with Crippen LogP contribution >= 0.6 is 0 Å². The maximum atomic E-state index is 12.3. The Balaban J connectivity index is 1.91. The number of carbonyl (C=O) groups excluding carboxylic acids is 1. The highest BCUT2D eigenvalue weighted by molar-refractivity contribution is 5.78. The molecule has 1 fully saturated rings. The van der Waals surface area contributed by atoms with Crippen molar-refractivity contribution in [3.63, 3.8) is 0 Å². The third kappa shape index (κ3) is 3.84. The number of nitrogens with zero attached hydrogens (tertiary/aromatic N) is 2. The van der Waals surface area contributed by atoms with Gasteiger partial charge in [0.2, 0.25) is 5.91 Å². The normalized spacial score (nSPS) is 20.8. The molecule has 0 bridgehead atoms. The SMILES string of the molecule is Cc1cc(CC(=O)N2CCC[C@H](C(C)(C)C)CC2)on1. The van der Waals surface area contributed by atoms with E-state index in [-0.39, 0.29) is 5.91 Å². The lowest BCUT2D eigenvalue weighted by molar-refractivity contribution is -0.130. The van der Waals surface area contributed by atoms with Gasteiger partial charge in [-0.15, -0.1) is 0 Å². The minimum atomic E-state index is 0.163. The van der Waals surface area contributed by atoms with Gasteiger partial charge in [-0.25, -0.2) is 0 Å². The molecule has 4 heteroatoms. The third-order valence-corrected chi connectivity index (χ3v) is 4.31. The van der Waals surface area contributed by atoms with Gasteiger partial charge in [0, 0.05) is 19.2 Å². The van der Waals surface area contributed by atoms with E-state index in [9.17, 15) is 4.79 Å². The first-order valence-corrected chi connectivity index (χ1v) is 7.56. The van der Waals surface area contributed by atoms with Gasteiger partial charge in [-0.1, -0.05) is 25.9 Å². The molecule has 4 nitrogen and oxygen atoms in total. The summed E-state index contributed by atoms with van der Waals surface area (Å²) in [5.41, 5.74) is 1.16. The maximum Gasteiger partial charge on any atom is 0.230 e. The van der Waals surface area contributed by atoms with Gasteiger partial charge >= 0.3 is 0 Å². The van der Waals surface area contributed by atoms with E-state index in [1.165, 1.54) is 6.42 Å². The molecule has 1 atom stereocenters. The van der Waals surface area contributed by atoms with Gasteiger partial charge in [0.15, 0.2) is 0 Å². The first-order valence-electron chi connectivity index (χ1n) is 7.56. The Bertz CT molecular complexity index is 459. The minimum absolute atomic E-state index is 0.163. The second-order valence-corrected chi connectivity index (χ2v) is 6.99. The van der Waals surface area contributed by atoms with Gasteiger partial charge in [0.1, 0.15) is 5.76 Å². The molecular weight excluding hydrogens is 252 g/mol. The van der Waals surface area contributed by atoms with Crippen molar-refractivity contribution in [2.24, 2.45) is 11.3 Å². The molecule has 2 heterocycles. The molecule has 0 unspecified atom stereocenters. The van der Waals surface area contributed by atoms with Crippen molar-refractivity contribution < 1.29 is 9.32 Å². The van der Waals surface area contributed by atoms with Crippen LogP contribution in [0, 0.1) is 18.3 Å². The molecule has 1 saturated heterocycles. The van der Waals surface area contributed by atoms with Crippen LogP contribution in [0.15, 0.2) is 10.6 Å². The monoisotopic (exact) mass is 278 g/mol. The molecule has 0 N–H and O–H groups in total. The Kier molecular flexibility index (Phi) is 4.51. The van der Waals surface area contributed by atoms with E-state index in [4.69, 9.17) is 4.52 Å². The quantitative estimate of drug-likeness (QED) is 0.834. The van der Waals surface area contributed by atoms with E-state index in [0.29, 0.717) is 23.5 Å². The van der Waals surface area contributed by atoms with Gasteiger partial charge in [0.25, 0.3) is 0 Å². The number of carbonyl (C=O) groups is 1. The summed E-state index contributed by atoms with van der Waals surface area (Å²) in [4.78, 5) is 14.3. The Morgan fingerprint density at radius 1 is 1.40 bits per heavy atom. The van der Waals surface area contributed by atoms with Gasteiger partial charge in [0.05, 0.1) is 12.1 Å². The number of hydrogen-bond acceptors (Lipinski definition) is 3. The summed E-state index contributed by atoms with van der Waals surface area (Å²) in [6.45, 7) is 10.5. The summed E-state index contributed by atoms with van der Waals surface area (Å²) < 4.78 is 5.13. The van der Waals surface area contributed by atoms with E-state index in [1.54, 1.807) is 0 Å². The maximum absolute atomic E-state index is 12.3. The zero-order chi connectivity index (χ0) is 14.8. The number of amides is 1. The first kappa shape index (κ1) is 15.1. The minimum Gasteiger partial charge on any atom is -0.361 e. The lowest BCUT2D eigenvalue weighted by Gasteiger charge is -2.29.